The molecule has 0 aliphatic heterocycles. The lowest BCUT2D eigenvalue weighted by Crippen LogP contribution is -2.42. The summed E-state index contributed by atoms with van der Waals surface area (Å²) in [5.41, 5.74) is 0. The van der Waals surface area contributed by atoms with Gasteiger partial charge in [-0.3, -0.25) is 9.59 Å². The van der Waals surface area contributed by atoms with Crippen molar-refractivity contribution >= 4 is 11.9 Å². The van der Waals surface area contributed by atoms with Crippen LogP contribution in [0.15, 0.2) is 0 Å². The van der Waals surface area contributed by atoms with Crippen LogP contribution < -0.4 is 0 Å². The standard InChI is InChI=1S/C48H94O4/c1-6-11-15-18-20-22-24-26-28-30-32-34-37-40-44-48(51-46(49)42-38-35-17-13-8-3,52-47(50)45(10-5)41-14-9-4)43-39-36-33-31-29-27-25-23-21-19-16-12-7-2/h45H,6-44H2,1-5H3. The lowest BCUT2D eigenvalue weighted by Gasteiger charge is -2.34. The van der Waals surface area contributed by atoms with E-state index in [0.717, 1.165) is 70.6 Å². The molecule has 310 valence electrons. The van der Waals surface area contributed by atoms with Gasteiger partial charge in [-0.25, -0.2) is 0 Å². The topological polar surface area (TPSA) is 52.6 Å². The molecular weight excluding hydrogens is 641 g/mol. The van der Waals surface area contributed by atoms with Gasteiger partial charge in [-0.05, 0) is 32.1 Å². The number of esters is 2. The predicted octanol–water partition coefficient (Wildman–Crippen LogP) is 16.7. The van der Waals surface area contributed by atoms with Crippen LogP contribution in [0.2, 0.25) is 0 Å². The fourth-order valence-corrected chi connectivity index (χ4v) is 7.69. The van der Waals surface area contributed by atoms with Gasteiger partial charge in [0.05, 0.1) is 5.92 Å². The Morgan fingerprint density at radius 3 is 1.02 bits per heavy atom. The molecule has 52 heavy (non-hydrogen) atoms. The lowest BCUT2D eigenvalue weighted by atomic mass is 9.96. The summed E-state index contributed by atoms with van der Waals surface area (Å²) < 4.78 is 12.8. The first-order chi connectivity index (χ1) is 25.5. The van der Waals surface area contributed by atoms with E-state index < -0.39 is 5.79 Å². The van der Waals surface area contributed by atoms with Gasteiger partial charge in [-0.1, -0.05) is 234 Å². The van der Waals surface area contributed by atoms with Crippen LogP contribution in [0.3, 0.4) is 0 Å². The number of carbonyl (C=O) groups excluding carboxylic acids is 2. The van der Waals surface area contributed by atoms with E-state index in [2.05, 4.69) is 34.6 Å². The number of carbonyl (C=O) groups is 2. The Hall–Kier alpha value is -1.06. The van der Waals surface area contributed by atoms with Crippen molar-refractivity contribution in [1.29, 1.82) is 0 Å². The second-order valence-electron chi connectivity index (χ2n) is 16.6. The number of unbranched alkanes of at least 4 members (excludes halogenated alkanes) is 30. The number of ether oxygens (including phenoxy) is 2. The Bertz CT molecular complexity index is 751. The largest absolute Gasteiger partial charge is 0.422 e. The van der Waals surface area contributed by atoms with Crippen molar-refractivity contribution in [3.8, 4) is 0 Å². The average Bonchev–Trinajstić information content (AvgIpc) is 3.14. The number of hydrogen-bond acceptors (Lipinski definition) is 4. The van der Waals surface area contributed by atoms with Crippen molar-refractivity contribution in [3.05, 3.63) is 0 Å². The van der Waals surface area contributed by atoms with Crippen LogP contribution in [0.4, 0.5) is 0 Å². The highest BCUT2D eigenvalue weighted by Crippen LogP contribution is 2.32. The fraction of sp³-hybridized carbons (Fsp3) is 0.958. The normalized spacial score (nSPS) is 13.2. The van der Waals surface area contributed by atoms with Gasteiger partial charge < -0.3 is 9.47 Å². The minimum atomic E-state index is -1.11. The maximum absolute atomic E-state index is 13.7. The van der Waals surface area contributed by atoms with Crippen LogP contribution in [0.1, 0.15) is 285 Å². The molecule has 0 saturated heterocycles. The van der Waals surface area contributed by atoms with Gasteiger partial charge in [0, 0.05) is 19.3 Å². The quantitative estimate of drug-likeness (QED) is 0.0356. The molecule has 2 atom stereocenters. The highest BCUT2D eigenvalue weighted by Gasteiger charge is 2.39. The van der Waals surface area contributed by atoms with E-state index in [0.29, 0.717) is 19.3 Å². The molecule has 0 N–H and O–H groups in total. The predicted molar refractivity (Wildman–Crippen MR) is 227 cm³/mol. The van der Waals surface area contributed by atoms with Gasteiger partial charge in [0.15, 0.2) is 0 Å². The molecule has 0 aliphatic carbocycles. The summed E-state index contributed by atoms with van der Waals surface area (Å²) in [6.07, 6.45) is 46.1. The molecule has 4 heteroatoms. The molecule has 0 saturated carbocycles. The maximum atomic E-state index is 13.7. The molecule has 0 aliphatic rings. The zero-order valence-corrected chi connectivity index (χ0v) is 36.3. The van der Waals surface area contributed by atoms with Crippen LogP contribution in [-0.4, -0.2) is 17.7 Å². The molecule has 0 heterocycles. The minimum absolute atomic E-state index is 0.116. The Morgan fingerprint density at radius 1 is 0.385 bits per heavy atom. The van der Waals surface area contributed by atoms with Crippen molar-refractivity contribution in [3.63, 3.8) is 0 Å². The average molecular weight is 735 g/mol. The summed E-state index contributed by atoms with van der Waals surface area (Å²) in [4.78, 5) is 27.0. The van der Waals surface area contributed by atoms with E-state index in [-0.39, 0.29) is 17.9 Å². The van der Waals surface area contributed by atoms with Crippen molar-refractivity contribution < 1.29 is 19.1 Å². The molecule has 0 aromatic heterocycles. The summed E-state index contributed by atoms with van der Waals surface area (Å²) in [5, 5.41) is 0. The molecule has 0 bridgehead atoms. The summed E-state index contributed by atoms with van der Waals surface area (Å²) in [6, 6.07) is 0. The smallest absolute Gasteiger partial charge is 0.312 e. The van der Waals surface area contributed by atoms with Crippen LogP contribution in [-0.2, 0) is 19.1 Å². The Morgan fingerprint density at radius 2 is 0.692 bits per heavy atom. The van der Waals surface area contributed by atoms with Crippen LogP contribution >= 0.6 is 0 Å². The Balaban J connectivity index is 5.11. The van der Waals surface area contributed by atoms with Crippen LogP contribution in [0, 0.1) is 5.92 Å². The van der Waals surface area contributed by atoms with E-state index in [9.17, 15) is 9.59 Å². The van der Waals surface area contributed by atoms with Crippen LogP contribution in [0.25, 0.3) is 0 Å². The molecule has 0 aromatic carbocycles. The monoisotopic (exact) mass is 735 g/mol. The van der Waals surface area contributed by atoms with E-state index in [1.165, 1.54) is 161 Å². The second kappa shape index (κ2) is 39.6. The van der Waals surface area contributed by atoms with E-state index in [4.69, 9.17) is 9.47 Å². The van der Waals surface area contributed by atoms with E-state index in [1.807, 2.05) is 0 Å². The summed E-state index contributed by atoms with van der Waals surface area (Å²) in [5.74, 6) is -1.54. The zero-order valence-electron chi connectivity index (χ0n) is 36.3. The first-order valence-corrected chi connectivity index (χ1v) is 23.9. The Labute approximate surface area is 326 Å². The second-order valence-corrected chi connectivity index (χ2v) is 16.6. The highest BCUT2D eigenvalue weighted by molar-refractivity contribution is 5.74. The third-order valence-electron chi connectivity index (χ3n) is 11.4. The summed E-state index contributed by atoms with van der Waals surface area (Å²) in [6.45, 7) is 11.1. The SMILES string of the molecule is CCCCCCCCCCCCCCCCC(CCCCCCCCCCCCCCC)(OC(=O)CCCCCCC)OC(=O)C(CC)CCCC. The van der Waals surface area contributed by atoms with Gasteiger partial charge in [-0.15, -0.1) is 0 Å². The molecule has 0 rings (SSSR count). The van der Waals surface area contributed by atoms with Gasteiger partial charge in [0.2, 0.25) is 0 Å². The molecule has 0 fully saturated rings. The van der Waals surface area contributed by atoms with E-state index >= 15 is 0 Å². The summed E-state index contributed by atoms with van der Waals surface area (Å²) >= 11 is 0. The molecule has 0 radical (unpaired) electrons. The fourth-order valence-electron chi connectivity index (χ4n) is 7.69. The van der Waals surface area contributed by atoms with Crippen molar-refractivity contribution in [2.75, 3.05) is 0 Å². The molecule has 2 unspecified atom stereocenters. The van der Waals surface area contributed by atoms with Gasteiger partial charge in [-0.2, -0.15) is 0 Å². The first-order valence-electron chi connectivity index (χ1n) is 23.9. The van der Waals surface area contributed by atoms with Crippen molar-refractivity contribution in [2.45, 2.75) is 291 Å². The first kappa shape index (κ1) is 50.9. The number of hydrogen-bond donors (Lipinski definition) is 0. The maximum Gasteiger partial charge on any atom is 0.312 e. The molecule has 0 amide bonds. The third-order valence-corrected chi connectivity index (χ3v) is 11.4. The highest BCUT2D eigenvalue weighted by atomic mass is 16.7. The molecule has 0 spiro atoms. The molecular formula is C48H94O4. The van der Waals surface area contributed by atoms with Crippen molar-refractivity contribution in [2.24, 2.45) is 5.92 Å². The summed E-state index contributed by atoms with van der Waals surface area (Å²) in [7, 11) is 0. The minimum Gasteiger partial charge on any atom is -0.422 e. The Kier molecular flexibility index (Phi) is 38.8. The van der Waals surface area contributed by atoms with Gasteiger partial charge in [0.25, 0.3) is 5.79 Å². The molecule has 4 nitrogen and oxygen atoms in total. The van der Waals surface area contributed by atoms with Crippen LogP contribution in [0.5, 0.6) is 0 Å². The van der Waals surface area contributed by atoms with Crippen molar-refractivity contribution in [1.82, 2.24) is 0 Å². The zero-order chi connectivity index (χ0) is 38.2. The van der Waals surface area contributed by atoms with E-state index in [1.54, 1.807) is 0 Å². The third kappa shape index (κ3) is 32.4. The number of rotatable bonds is 42. The molecule has 0 aromatic rings. The lowest BCUT2D eigenvalue weighted by molar-refractivity contribution is -0.238. The van der Waals surface area contributed by atoms with Gasteiger partial charge >= 0.3 is 11.9 Å². The van der Waals surface area contributed by atoms with Gasteiger partial charge in [0.1, 0.15) is 0 Å².